The second-order valence-corrected chi connectivity index (χ2v) is 5.01. The van der Waals surface area contributed by atoms with Gasteiger partial charge in [0.25, 0.3) is 0 Å². The Balaban J connectivity index is 2.43. The van der Waals surface area contributed by atoms with Crippen molar-refractivity contribution in [2.24, 2.45) is 17.3 Å². The molecule has 0 spiro atoms. The Kier molecular flexibility index (Phi) is 2.71. The third kappa shape index (κ3) is 1.60. The fourth-order valence-electron chi connectivity index (χ4n) is 2.02. The fourth-order valence-corrected chi connectivity index (χ4v) is 2.51. The van der Waals surface area contributed by atoms with E-state index in [1.54, 1.807) is 11.8 Å². The van der Waals surface area contributed by atoms with Crippen molar-refractivity contribution in [3.05, 3.63) is 0 Å². The summed E-state index contributed by atoms with van der Waals surface area (Å²) in [5.41, 5.74) is 0.0432. The lowest BCUT2D eigenvalue weighted by Crippen LogP contribution is -2.03. The number of hydrogen-bond donors (Lipinski definition) is 1. The zero-order valence-electron chi connectivity index (χ0n) is 7.83. The summed E-state index contributed by atoms with van der Waals surface area (Å²) >= 11 is 1.79. The Hall–Kier alpha value is -0.180. The van der Waals surface area contributed by atoms with E-state index in [0.717, 1.165) is 12.2 Å². The third-order valence-corrected chi connectivity index (χ3v) is 3.59. The lowest BCUT2D eigenvalue weighted by Gasteiger charge is -1.99. The van der Waals surface area contributed by atoms with Crippen LogP contribution in [0.15, 0.2) is 0 Å². The molecule has 0 bridgehead atoms. The molecule has 1 fully saturated rings. The third-order valence-electron chi connectivity index (χ3n) is 2.95. The van der Waals surface area contributed by atoms with Gasteiger partial charge in [-0.05, 0) is 29.8 Å². The molecule has 1 saturated carbocycles. The normalized spacial score (nSPS) is 31.6. The Labute approximate surface area is 77.7 Å². The molecule has 1 aliphatic rings. The molecule has 0 saturated heterocycles. The van der Waals surface area contributed by atoms with Crippen LogP contribution in [0.4, 0.5) is 0 Å². The Morgan fingerprint density at radius 1 is 1.58 bits per heavy atom. The number of hydrogen-bond acceptors (Lipinski definition) is 2. The van der Waals surface area contributed by atoms with Gasteiger partial charge < -0.3 is 5.11 Å². The fraction of sp³-hybridized carbons (Fsp3) is 0.889. The van der Waals surface area contributed by atoms with Crippen LogP contribution in [0.25, 0.3) is 0 Å². The Morgan fingerprint density at radius 2 is 2.17 bits per heavy atom. The molecule has 0 amide bonds. The van der Waals surface area contributed by atoms with Crippen molar-refractivity contribution in [2.45, 2.75) is 20.3 Å². The molecule has 0 aromatic heterocycles. The lowest BCUT2D eigenvalue weighted by atomic mass is 10.1. The molecule has 0 radical (unpaired) electrons. The summed E-state index contributed by atoms with van der Waals surface area (Å²) in [6, 6.07) is 0. The van der Waals surface area contributed by atoms with Crippen molar-refractivity contribution in [3.63, 3.8) is 0 Å². The van der Waals surface area contributed by atoms with Crippen LogP contribution < -0.4 is 0 Å². The minimum absolute atomic E-state index is 0.0432. The van der Waals surface area contributed by atoms with Crippen LogP contribution in [0, 0.1) is 17.3 Å². The number of thioether (sulfide) groups is 1. The van der Waals surface area contributed by atoms with E-state index >= 15 is 0 Å². The van der Waals surface area contributed by atoms with Crippen LogP contribution in [0.3, 0.4) is 0 Å². The first-order valence-corrected chi connectivity index (χ1v) is 5.63. The standard InChI is InChI=1S/C9H16O2S/c1-9(2)6(4-5-12-3)7(9)8(10)11/h6-7H,4-5H2,1-3H3,(H,10,11)/t6-,7+/m0/s1. The van der Waals surface area contributed by atoms with Crippen molar-refractivity contribution < 1.29 is 9.90 Å². The highest BCUT2D eigenvalue weighted by atomic mass is 32.2. The zero-order valence-corrected chi connectivity index (χ0v) is 8.65. The summed E-state index contributed by atoms with van der Waals surface area (Å²) in [6.07, 6.45) is 3.11. The molecular weight excluding hydrogens is 172 g/mol. The number of rotatable bonds is 4. The van der Waals surface area contributed by atoms with E-state index in [1.165, 1.54) is 0 Å². The van der Waals surface area contributed by atoms with E-state index in [-0.39, 0.29) is 11.3 Å². The van der Waals surface area contributed by atoms with Crippen LogP contribution in [0.2, 0.25) is 0 Å². The largest absolute Gasteiger partial charge is 0.481 e. The Bertz CT molecular complexity index is 189. The second kappa shape index (κ2) is 3.29. The molecule has 1 rings (SSSR count). The van der Waals surface area contributed by atoms with Gasteiger partial charge >= 0.3 is 5.97 Å². The smallest absolute Gasteiger partial charge is 0.307 e. The maximum absolute atomic E-state index is 10.7. The van der Waals surface area contributed by atoms with Gasteiger partial charge in [0.05, 0.1) is 5.92 Å². The van der Waals surface area contributed by atoms with Gasteiger partial charge in [0.15, 0.2) is 0 Å². The maximum Gasteiger partial charge on any atom is 0.307 e. The van der Waals surface area contributed by atoms with Crippen LogP contribution in [0.5, 0.6) is 0 Å². The maximum atomic E-state index is 10.7. The summed E-state index contributed by atoms with van der Waals surface area (Å²) in [4.78, 5) is 10.7. The molecule has 0 aromatic rings. The van der Waals surface area contributed by atoms with Gasteiger partial charge in [-0.25, -0.2) is 0 Å². The summed E-state index contributed by atoms with van der Waals surface area (Å²) < 4.78 is 0. The predicted octanol–water partition coefficient (Wildman–Crippen LogP) is 2.10. The van der Waals surface area contributed by atoms with E-state index in [9.17, 15) is 4.79 Å². The van der Waals surface area contributed by atoms with Gasteiger partial charge in [0, 0.05) is 0 Å². The van der Waals surface area contributed by atoms with Gasteiger partial charge in [-0.15, -0.1) is 0 Å². The molecule has 1 N–H and O–H groups in total. The van der Waals surface area contributed by atoms with Crippen molar-refractivity contribution in [3.8, 4) is 0 Å². The van der Waals surface area contributed by atoms with Gasteiger partial charge in [-0.3, -0.25) is 4.79 Å². The van der Waals surface area contributed by atoms with E-state index in [0.29, 0.717) is 5.92 Å². The summed E-state index contributed by atoms with van der Waals surface area (Å²) in [5.74, 6) is 0.774. The van der Waals surface area contributed by atoms with Crippen molar-refractivity contribution in [2.75, 3.05) is 12.0 Å². The molecule has 2 atom stereocenters. The lowest BCUT2D eigenvalue weighted by molar-refractivity contribution is -0.139. The molecule has 3 heteroatoms. The Morgan fingerprint density at radius 3 is 2.50 bits per heavy atom. The molecule has 0 unspecified atom stereocenters. The molecule has 70 valence electrons. The molecule has 2 nitrogen and oxygen atoms in total. The first-order valence-electron chi connectivity index (χ1n) is 4.23. The van der Waals surface area contributed by atoms with Crippen LogP contribution >= 0.6 is 11.8 Å². The molecule has 0 heterocycles. The monoisotopic (exact) mass is 188 g/mol. The second-order valence-electron chi connectivity index (χ2n) is 4.03. The van der Waals surface area contributed by atoms with Crippen molar-refractivity contribution in [1.29, 1.82) is 0 Å². The van der Waals surface area contributed by atoms with Gasteiger partial charge in [-0.2, -0.15) is 11.8 Å². The first-order chi connectivity index (χ1) is 5.51. The van der Waals surface area contributed by atoms with Crippen molar-refractivity contribution in [1.82, 2.24) is 0 Å². The number of carboxylic acid groups (broad SMARTS) is 1. The number of carboxylic acids is 1. The van der Waals surface area contributed by atoms with Gasteiger partial charge in [0.2, 0.25) is 0 Å². The van der Waals surface area contributed by atoms with Gasteiger partial charge in [0.1, 0.15) is 0 Å². The molecule has 12 heavy (non-hydrogen) atoms. The highest BCUT2D eigenvalue weighted by Gasteiger charge is 2.61. The van der Waals surface area contributed by atoms with Crippen LogP contribution in [-0.4, -0.2) is 23.1 Å². The minimum Gasteiger partial charge on any atom is -0.481 e. The highest BCUT2D eigenvalue weighted by molar-refractivity contribution is 7.98. The van der Waals surface area contributed by atoms with E-state index < -0.39 is 5.97 Å². The summed E-state index contributed by atoms with van der Waals surface area (Å²) in [7, 11) is 0. The topological polar surface area (TPSA) is 37.3 Å². The molecular formula is C9H16O2S. The minimum atomic E-state index is -0.619. The average Bonchev–Trinajstić information content (AvgIpc) is 2.49. The summed E-state index contributed by atoms with van der Waals surface area (Å²) in [5, 5.41) is 8.85. The number of aliphatic carboxylic acids is 1. The van der Waals surface area contributed by atoms with E-state index in [4.69, 9.17) is 5.11 Å². The predicted molar refractivity (Wildman–Crippen MR) is 51.4 cm³/mol. The first kappa shape index (κ1) is 9.90. The van der Waals surface area contributed by atoms with E-state index in [2.05, 4.69) is 20.1 Å². The van der Waals surface area contributed by atoms with Crippen LogP contribution in [-0.2, 0) is 4.79 Å². The molecule has 0 aromatic carbocycles. The van der Waals surface area contributed by atoms with Gasteiger partial charge in [-0.1, -0.05) is 13.8 Å². The average molecular weight is 188 g/mol. The highest BCUT2D eigenvalue weighted by Crippen LogP contribution is 2.60. The molecule has 1 aliphatic carbocycles. The number of carbonyl (C=O) groups is 1. The van der Waals surface area contributed by atoms with Crippen LogP contribution in [0.1, 0.15) is 20.3 Å². The zero-order chi connectivity index (χ0) is 9.35. The molecule has 0 aliphatic heterocycles. The quantitative estimate of drug-likeness (QED) is 0.734. The SMILES string of the molecule is CSCC[C@H]1[C@H](C(=O)O)C1(C)C. The van der Waals surface area contributed by atoms with Crippen molar-refractivity contribution >= 4 is 17.7 Å². The van der Waals surface area contributed by atoms with E-state index in [1.807, 2.05) is 0 Å². The summed E-state index contributed by atoms with van der Waals surface area (Å²) in [6.45, 7) is 4.10.